The lowest BCUT2D eigenvalue weighted by molar-refractivity contribution is 0.0692. The highest BCUT2D eigenvalue weighted by Crippen LogP contribution is 2.37. The number of hydrogen-bond donors (Lipinski definition) is 1. The fourth-order valence-electron chi connectivity index (χ4n) is 3.66. The monoisotopic (exact) mass is 435 g/mol. The van der Waals surface area contributed by atoms with E-state index in [0.717, 1.165) is 6.07 Å². The van der Waals surface area contributed by atoms with Gasteiger partial charge in [0.05, 0.1) is 40.6 Å². The van der Waals surface area contributed by atoms with Gasteiger partial charge in [0.1, 0.15) is 11.2 Å². The number of hydrogen-bond acceptors (Lipinski definition) is 6. The molecule has 0 amide bonds. The summed E-state index contributed by atoms with van der Waals surface area (Å²) in [5.74, 6) is -3.13. The van der Waals surface area contributed by atoms with E-state index in [1.165, 1.54) is 24.7 Å². The minimum atomic E-state index is -1.19. The largest absolute Gasteiger partial charge is 0.476 e. The van der Waals surface area contributed by atoms with Crippen LogP contribution in [-0.2, 0) is 5.41 Å². The van der Waals surface area contributed by atoms with Gasteiger partial charge in [0.25, 0.3) is 0 Å². The Morgan fingerprint density at radius 3 is 2.19 bits per heavy atom. The maximum atomic E-state index is 14.5. The van der Waals surface area contributed by atoms with E-state index >= 15 is 0 Å². The van der Waals surface area contributed by atoms with E-state index in [0.29, 0.717) is 33.3 Å². The molecule has 0 bridgehead atoms. The van der Waals surface area contributed by atoms with Gasteiger partial charge in [-0.3, -0.25) is 4.98 Å². The predicted octanol–water partition coefficient (Wildman–Crippen LogP) is 5.33. The minimum Gasteiger partial charge on any atom is -0.476 e. The zero-order chi connectivity index (χ0) is 22.6. The molecule has 32 heavy (non-hydrogen) atoms. The van der Waals surface area contributed by atoms with Crippen molar-refractivity contribution in [3.63, 3.8) is 0 Å². The second-order valence-electron chi connectivity index (χ2n) is 7.78. The second-order valence-corrected chi connectivity index (χ2v) is 7.78. The molecule has 0 radical (unpaired) electrons. The number of furan rings is 2. The van der Waals surface area contributed by atoms with Crippen molar-refractivity contribution < 1.29 is 27.5 Å². The molecular weight excluding hydrogens is 420 g/mol. The molecule has 0 aliphatic carbocycles. The Morgan fingerprint density at radius 2 is 1.53 bits per heavy atom. The molecule has 5 aromatic rings. The predicted molar refractivity (Wildman–Crippen MR) is 110 cm³/mol. The average molecular weight is 435 g/mol. The molecule has 0 saturated carbocycles. The van der Waals surface area contributed by atoms with Crippen molar-refractivity contribution in [3.05, 3.63) is 77.9 Å². The lowest BCUT2D eigenvalue weighted by Gasteiger charge is -2.24. The standard InChI is InChI=1S/C23H15F2N3O4/c1-23(2,17-10-15-12(6-8-32-15)20(27-17)22(29)30)16-9-14-11(5-7-31-14)19(26-16)13-3-4-18(24)28-21(13)25/h3-10H,1-2H3,(H,29,30). The number of rotatable bonds is 4. The van der Waals surface area contributed by atoms with Crippen LogP contribution >= 0.6 is 0 Å². The van der Waals surface area contributed by atoms with E-state index in [4.69, 9.17) is 8.83 Å². The summed E-state index contributed by atoms with van der Waals surface area (Å²) in [6, 6.07) is 8.82. The van der Waals surface area contributed by atoms with E-state index in [2.05, 4.69) is 15.0 Å². The molecule has 5 heterocycles. The molecule has 160 valence electrons. The van der Waals surface area contributed by atoms with E-state index in [-0.39, 0.29) is 17.0 Å². The molecule has 1 N–H and O–H groups in total. The van der Waals surface area contributed by atoms with Gasteiger partial charge in [0.15, 0.2) is 5.69 Å². The third-order valence-corrected chi connectivity index (χ3v) is 5.45. The van der Waals surface area contributed by atoms with Crippen LogP contribution in [0.5, 0.6) is 0 Å². The Hall–Kier alpha value is -4.14. The van der Waals surface area contributed by atoms with Gasteiger partial charge in [-0.05, 0) is 38.1 Å². The molecule has 0 aliphatic heterocycles. The molecule has 9 heteroatoms. The summed E-state index contributed by atoms with van der Waals surface area (Å²) >= 11 is 0. The minimum absolute atomic E-state index is 0.0103. The van der Waals surface area contributed by atoms with Crippen molar-refractivity contribution in [3.8, 4) is 11.3 Å². The Labute approximate surface area is 179 Å². The molecule has 0 aliphatic rings. The number of aromatic nitrogens is 3. The first-order valence-electron chi connectivity index (χ1n) is 9.59. The molecule has 5 rings (SSSR count). The van der Waals surface area contributed by atoms with Crippen molar-refractivity contribution in [1.82, 2.24) is 15.0 Å². The molecule has 0 spiro atoms. The van der Waals surface area contributed by atoms with E-state index in [1.54, 1.807) is 32.0 Å². The Bertz CT molecular complexity index is 1520. The fourth-order valence-corrected chi connectivity index (χ4v) is 3.66. The van der Waals surface area contributed by atoms with Crippen LogP contribution in [0.1, 0.15) is 35.7 Å². The highest BCUT2D eigenvalue weighted by Gasteiger charge is 2.31. The van der Waals surface area contributed by atoms with Crippen LogP contribution in [0.4, 0.5) is 8.78 Å². The number of carboxylic acids is 1. The van der Waals surface area contributed by atoms with Crippen molar-refractivity contribution in [1.29, 1.82) is 0 Å². The lowest BCUT2D eigenvalue weighted by atomic mass is 9.83. The topological polar surface area (TPSA) is 102 Å². The highest BCUT2D eigenvalue weighted by molar-refractivity contribution is 6.00. The van der Waals surface area contributed by atoms with Crippen molar-refractivity contribution in [2.75, 3.05) is 0 Å². The normalized spacial score (nSPS) is 12.0. The van der Waals surface area contributed by atoms with Crippen LogP contribution in [0.2, 0.25) is 0 Å². The highest BCUT2D eigenvalue weighted by atomic mass is 19.1. The van der Waals surface area contributed by atoms with E-state index in [1.807, 2.05) is 0 Å². The molecule has 0 aromatic carbocycles. The summed E-state index contributed by atoms with van der Waals surface area (Å²) in [6.45, 7) is 3.60. The molecule has 5 aromatic heterocycles. The van der Waals surface area contributed by atoms with Crippen LogP contribution in [-0.4, -0.2) is 26.0 Å². The van der Waals surface area contributed by atoms with Gasteiger partial charge in [-0.25, -0.2) is 9.78 Å². The van der Waals surface area contributed by atoms with Gasteiger partial charge in [-0.2, -0.15) is 13.8 Å². The van der Waals surface area contributed by atoms with Crippen molar-refractivity contribution in [2.24, 2.45) is 0 Å². The van der Waals surface area contributed by atoms with Crippen LogP contribution < -0.4 is 0 Å². The SMILES string of the molecule is CC(C)(c1cc2occc2c(C(=O)O)n1)c1cc2occc2c(-c2ccc(F)nc2F)n1. The van der Waals surface area contributed by atoms with Crippen LogP contribution in [0.3, 0.4) is 0 Å². The third-order valence-electron chi connectivity index (χ3n) is 5.45. The Balaban J connectivity index is 1.74. The summed E-state index contributed by atoms with van der Waals surface area (Å²) in [4.78, 5) is 24.0. The van der Waals surface area contributed by atoms with Gasteiger partial charge < -0.3 is 13.9 Å². The number of carboxylic acid groups (broad SMARTS) is 1. The molecule has 0 unspecified atom stereocenters. The number of nitrogens with zero attached hydrogens (tertiary/aromatic N) is 3. The first kappa shape index (κ1) is 19.8. The molecular formula is C23H15F2N3O4. The van der Waals surface area contributed by atoms with Gasteiger partial charge in [0.2, 0.25) is 11.9 Å². The number of fused-ring (bicyclic) bond motifs is 2. The quantitative estimate of drug-likeness (QED) is 0.381. The van der Waals surface area contributed by atoms with Gasteiger partial charge in [0, 0.05) is 22.9 Å². The first-order chi connectivity index (χ1) is 15.3. The van der Waals surface area contributed by atoms with Crippen LogP contribution in [0.15, 0.2) is 57.8 Å². The van der Waals surface area contributed by atoms with Crippen LogP contribution in [0, 0.1) is 11.9 Å². The zero-order valence-corrected chi connectivity index (χ0v) is 16.9. The Morgan fingerprint density at radius 1 is 0.906 bits per heavy atom. The second kappa shape index (κ2) is 6.94. The van der Waals surface area contributed by atoms with Gasteiger partial charge >= 0.3 is 5.97 Å². The van der Waals surface area contributed by atoms with Crippen molar-refractivity contribution in [2.45, 2.75) is 19.3 Å². The molecule has 7 nitrogen and oxygen atoms in total. The number of pyridine rings is 3. The summed E-state index contributed by atoms with van der Waals surface area (Å²) < 4.78 is 38.8. The number of halogens is 2. The lowest BCUT2D eigenvalue weighted by Crippen LogP contribution is -2.23. The summed E-state index contributed by atoms with van der Waals surface area (Å²) in [5, 5.41) is 10.5. The van der Waals surface area contributed by atoms with Crippen molar-refractivity contribution >= 4 is 27.9 Å². The summed E-state index contributed by atoms with van der Waals surface area (Å²) in [6.07, 6.45) is 2.84. The Kier molecular flexibility index (Phi) is 4.30. The molecule has 0 atom stereocenters. The first-order valence-corrected chi connectivity index (χ1v) is 9.59. The summed E-state index contributed by atoms with van der Waals surface area (Å²) in [7, 11) is 0. The smallest absolute Gasteiger partial charge is 0.355 e. The molecule has 0 saturated heterocycles. The van der Waals surface area contributed by atoms with E-state index in [9.17, 15) is 18.7 Å². The zero-order valence-electron chi connectivity index (χ0n) is 16.9. The van der Waals surface area contributed by atoms with Gasteiger partial charge in [-0.15, -0.1) is 0 Å². The van der Waals surface area contributed by atoms with Gasteiger partial charge in [-0.1, -0.05) is 0 Å². The maximum Gasteiger partial charge on any atom is 0.355 e. The number of carbonyl (C=O) groups is 1. The summed E-state index contributed by atoms with van der Waals surface area (Å²) in [5.41, 5.74) is 0.788. The van der Waals surface area contributed by atoms with E-state index < -0.39 is 23.3 Å². The maximum absolute atomic E-state index is 14.5. The molecule has 0 fully saturated rings. The average Bonchev–Trinajstić information content (AvgIpc) is 3.41. The third kappa shape index (κ3) is 3.01. The number of aromatic carboxylic acids is 1. The van der Waals surface area contributed by atoms with Crippen LogP contribution in [0.25, 0.3) is 33.2 Å². The fraction of sp³-hybridized carbons (Fsp3) is 0.130.